The van der Waals surface area contributed by atoms with Crippen LogP contribution in [0.2, 0.25) is 0 Å². The van der Waals surface area contributed by atoms with E-state index in [-0.39, 0.29) is 15.4 Å². The summed E-state index contributed by atoms with van der Waals surface area (Å²) in [6, 6.07) is 6.77. The molecular formula is C10H14N2O2S. The Hall–Kier alpha value is -1.07. The summed E-state index contributed by atoms with van der Waals surface area (Å²) in [4.78, 5) is 10.4. The summed E-state index contributed by atoms with van der Waals surface area (Å²) in [5.74, 6) is 0. The molecule has 1 rings (SSSR count). The first-order chi connectivity index (χ1) is 6.96. The van der Waals surface area contributed by atoms with Crippen LogP contribution in [0.4, 0.5) is 5.69 Å². The number of hydrogen-bond acceptors (Lipinski definition) is 4. The lowest BCUT2D eigenvalue weighted by Crippen LogP contribution is -2.21. The van der Waals surface area contributed by atoms with Crippen LogP contribution in [0.1, 0.15) is 19.4 Å². The average Bonchev–Trinajstić information content (AvgIpc) is 2.18. The molecule has 0 amide bonds. The van der Waals surface area contributed by atoms with Crippen molar-refractivity contribution in [3.8, 4) is 0 Å². The van der Waals surface area contributed by atoms with Crippen molar-refractivity contribution in [3.63, 3.8) is 0 Å². The molecule has 15 heavy (non-hydrogen) atoms. The molecule has 0 atom stereocenters. The minimum atomic E-state index is -0.355. The second kappa shape index (κ2) is 4.63. The minimum absolute atomic E-state index is 0.166. The zero-order chi connectivity index (χ0) is 11.5. The van der Waals surface area contributed by atoms with E-state index in [1.54, 1.807) is 18.2 Å². The predicted octanol–water partition coefficient (Wildman–Crippen LogP) is 2.52. The van der Waals surface area contributed by atoms with Crippen LogP contribution in [-0.2, 0) is 6.42 Å². The number of rotatable bonds is 4. The van der Waals surface area contributed by atoms with Crippen LogP contribution in [0.5, 0.6) is 0 Å². The van der Waals surface area contributed by atoms with Crippen LogP contribution in [0.3, 0.4) is 0 Å². The van der Waals surface area contributed by atoms with Gasteiger partial charge in [0.15, 0.2) is 0 Å². The molecule has 0 aliphatic rings. The van der Waals surface area contributed by atoms with E-state index < -0.39 is 0 Å². The molecule has 0 bridgehead atoms. The van der Waals surface area contributed by atoms with Crippen molar-refractivity contribution in [2.24, 2.45) is 5.14 Å². The summed E-state index contributed by atoms with van der Waals surface area (Å²) in [7, 11) is 0. The van der Waals surface area contributed by atoms with Gasteiger partial charge in [-0.15, -0.1) is 0 Å². The molecular weight excluding hydrogens is 212 g/mol. The van der Waals surface area contributed by atoms with E-state index in [1.807, 2.05) is 13.8 Å². The number of nitrogens with zero attached hydrogens (tertiary/aromatic N) is 1. The summed E-state index contributed by atoms with van der Waals surface area (Å²) in [5, 5.41) is 16.3. The van der Waals surface area contributed by atoms with Gasteiger partial charge in [0.05, 0.1) is 4.92 Å². The topological polar surface area (TPSA) is 69.2 Å². The van der Waals surface area contributed by atoms with E-state index in [9.17, 15) is 10.1 Å². The largest absolute Gasteiger partial charge is 0.277 e. The van der Waals surface area contributed by atoms with Crippen molar-refractivity contribution >= 4 is 17.6 Å². The maximum atomic E-state index is 10.8. The first kappa shape index (κ1) is 12.0. The van der Waals surface area contributed by atoms with Gasteiger partial charge in [-0.1, -0.05) is 30.1 Å². The molecule has 5 heteroatoms. The fraction of sp³-hybridized carbons (Fsp3) is 0.400. The Kier molecular flexibility index (Phi) is 3.71. The molecule has 0 radical (unpaired) electrons. The first-order valence-electron chi connectivity index (χ1n) is 4.56. The summed E-state index contributed by atoms with van der Waals surface area (Å²) >= 11 is 1.22. The van der Waals surface area contributed by atoms with Crippen molar-refractivity contribution < 1.29 is 4.92 Å². The molecule has 0 saturated heterocycles. The van der Waals surface area contributed by atoms with Crippen LogP contribution in [0.25, 0.3) is 0 Å². The zero-order valence-electron chi connectivity index (χ0n) is 8.77. The molecule has 1 aromatic carbocycles. The van der Waals surface area contributed by atoms with E-state index in [4.69, 9.17) is 5.14 Å². The number of nitrogens with two attached hydrogens (primary N) is 1. The number of nitro groups is 1. The third-order valence-electron chi connectivity index (χ3n) is 2.12. The van der Waals surface area contributed by atoms with Gasteiger partial charge in [0.1, 0.15) is 0 Å². The summed E-state index contributed by atoms with van der Waals surface area (Å²) in [6.45, 7) is 3.93. The molecule has 2 N–H and O–H groups in total. The molecule has 0 aliphatic carbocycles. The van der Waals surface area contributed by atoms with Gasteiger partial charge in [0.25, 0.3) is 5.69 Å². The lowest BCUT2D eigenvalue weighted by Gasteiger charge is -2.20. The molecule has 0 aromatic heterocycles. The Morgan fingerprint density at radius 1 is 1.47 bits per heavy atom. The van der Waals surface area contributed by atoms with Gasteiger partial charge in [-0.05, 0) is 20.3 Å². The van der Waals surface area contributed by atoms with Crippen LogP contribution >= 0.6 is 11.9 Å². The van der Waals surface area contributed by atoms with Crippen molar-refractivity contribution in [3.05, 3.63) is 39.9 Å². The Morgan fingerprint density at radius 2 is 2.07 bits per heavy atom. The number of para-hydroxylation sites is 1. The smallest absolute Gasteiger partial charge is 0.272 e. The number of benzene rings is 1. The van der Waals surface area contributed by atoms with Gasteiger partial charge >= 0.3 is 0 Å². The third-order valence-corrected chi connectivity index (χ3v) is 2.91. The maximum Gasteiger partial charge on any atom is 0.272 e. The van der Waals surface area contributed by atoms with Gasteiger partial charge in [0.2, 0.25) is 0 Å². The highest BCUT2D eigenvalue weighted by atomic mass is 32.2. The lowest BCUT2D eigenvalue weighted by atomic mass is 10.0. The van der Waals surface area contributed by atoms with E-state index in [2.05, 4.69) is 0 Å². The summed E-state index contributed by atoms with van der Waals surface area (Å²) < 4.78 is -0.188. The highest BCUT2D eigenvalue weighted by Gasteiger charge is 2.22. The molecule has 0 spiro atoms. The molecule has 0 heterocycles. The van der Waals surface area contributed by atoms with Crippen molar-refractivity contribution in [1.29, 1.82) is 0 Å². The Labute approximate surface area is 93.1 Å². The Morgan fingerprint density at radius 3 is 2.60 bits per heavy atom. The molecule has 0 fully saturated rings. The molecule has 0 unspecified atom stereocenters. The predicted molar refractivity (Wildman–Crippen MR) is 62.7 cm³/mol. The van der Waals surface area contributed by atoms with Gasteiger partial charge in [-0.25, -0.2) is 0 Å². The van der Waals surface area contributed by atoms with Crippen LogP contribution in [-0.4, -0.2) is 9.67 Å². The fourth-order valence-electron chi connectivity index (χ4n) is 1.34. The molecule has 82 valence electrons. The third kappa shape index (κ3) is 3.21. The Bertz CT molecular complexity index is 366. The van der Waals surface area contributed by atoms with E-state index in [1.165, 1.54) is 18.0 Å². The van der Waals surface area contributed by atoms with Crippen molar-refractivity contribution in [1.82, 2.24) is 0 Å². The molecule has 4 nitrogen and oxygen atoms in total. The number of nitro benzene ring substituents is 1. The first-order valence-corrected chi connectivity index (χ1v) is 5.44. The normalized spacial score (nSPS) is 11.4. The monoisotopic (exact) mass is 226 g/mol. The van der Waals surface area contributed by atoms with E-state index >= 15 is 0 Å². The minimum Gasteiger partial charge on any atom is -0.277 e. The maximum absolute atomic E-state index is 10.8. The van der Waals surface area contributed by atoms with Crippen molar-refractivity contribution in [2.75, 3.05) is 0 Å². The molecule has 0 aliphatic heterocycles. The van der Waals surface area contributed by atoms with Crippen molar-refractivity contribution in [2.45, 2.75) is 25.0 Å². The second-order valence-electron chi connectivity index (χ2n) is 3.94. The van der Waals surface area contributed by atoms with Gasteiger partial charge in [-0.3, -0.25) is 15.3 Å². The fourth-order valence-corrected chi connectivity index (χ4v) is 1.58. The Balaban J connectivity index is 2.99. The average molecular weight is 226 g/mol. The molecule has 0 saturated carbocycles. The van der Waals surface area contributed by atoms with Crippen LogP contribution in [0, 0.1) is 10.1 Å². The molecule has 1 aromatic rings. The van der Waals surface area contributed by atoms with Gasteiger partial charge in [0, 0.05) is 16.4 Å². The van der Waals surface area contributed by atoms with Crippen LogP contribution in [0.15, 0.2) is 24.3 Å². The van der Waals surface area contributed by atoms with E-state index in [0.29, 0.717) is 6.42 Å². The lowest BCUT2D eigenvalue weighted by molar-refractivity contribution is -0.385. The zero-order valence-corrected chi connectivity index (χ0v) is 9.58. The van der Waals surface area contributed by atoms with Crippen LogP contribution < -0.4 is 5.14 Å². The SMILES string of the molecule is CC(C)(Cc1ccccc1[N+](=O)[O-])SN. The standard InChI is InChI=1S/C10H14N2O2S/c1-10(2,15-11)7-8-5-3-4-6-9(8)12(13)14/h3-6H,7,11H2,1-2H3. The summed E-state index contributed by atoms with van der Waals surface area (Å²) in [5.41, 5.74) is 0.894. The summed E-state index contributed by atoms with van der Waals surface area (Å²) in [6.07, 6.45) is 0.589. The highest BCUT2D eigenvalue weighted by Crippen LogP contribution is 2.28. The quantitative estimate of drug-likeness (QED) is 0.486. The second-order valence-corrected chi connectivity index (χ2v) is 5.28. The van der Waals surface area contributed by atoms with E-state index in [0.717, 1.165) is 5.56 Å². The van der Waals surface area contributed by atoms with Gasteiger partial charge < -0.3 is 0 Å². The number of hydrogen-bond donors (Lipinski definition) is 1. The van der Waals surface area contributed by atoms with Gasteiger partial charge in [-0.2, -0.15) is 0 Å². The highest BCUT2D eigenvalue weighted by molar-refractivity contribution is 7.98.